The highest BCUT2D eigenvalue weighted by molar-refractivity contribution is 7.92. The van der Waals surface area contributed by atoms with E-state index < -0.39 is 15.8 Å². The van der Waals surface area contributed by atoms with Crippen LogP contribution in [0.5, 0.6) is 0 Å². The highest BCUT2D eigenvalue weighted by Crippen LogP contribution is 2.22. The van der Waals surface area contributed by atoms with Crippen LogP contribution in [0.3, 0.4) is 0 Å². The number of nitrogens with zero attached hydrogens (tertiary/aromatic N) is 1. The van der Waals surface area contributed by atoms with Crippen LogP contribution in [0.25, 0.3) is 0 Å². The summed E-state index contributed by atoms with van der Waals surface area (Å²) in [6.07, 6.45) is 0. The molecule has 7 heteroatoms. The number of aromatic nitrogens is 1. The van der Waals surface area contributed by atoms with Gasteiger partial charge in [-0.3, -0.25) is 4.72 Å². The van der Waals surface area contributed by atoms with E-state index in [0.717, 1.165) is 6.07 Å². The minimum atomic E-state index is -3.87. The van der Waals surface area contributed by atoms with Crippen molar-refractivity contribution in [2.24, 2.45) is 0 Å². The van der Waals surface area contributed by atoms with E-state index >= 15 is 0 Å². The van der Waals surface area contributed by atoms with Crippen LogP contribution in [0.1, 0.15) is 11.3 Å². The number of sulfonamides is 1. The molecule has 2 rings (SSSR count). The second-order valence-electron chi connectivity index (χ2n) is 4.28. The molecule has 0 amide bonds. The molecular weight excluding hydrogens is 303 g/mol. The number of aryl methyl sites for hydroxylation is 2. The summed E-state index contributed by atoms with van der Waals surface area (Å²) in [6, 6.07) is 6.60. The fourth-order valence-corrected chi connectivity index (χ4v) is 3.27. The minimum absolute atomic E-state index is 0.105. The standard InChI is InChI=1S/C13H12ClFN2O2S/c1-8-3-4-10(15)7-12(8)20(18,19)17-11-5-6-13(14)16-9(11)2/h3-7,17H,1-2H3. The number of nitrogens with one attached hydrogen (secondary N) is 1. The first-order valence-electron chi connectivity index (χ1n) is 5.72. The zero-order valence-electron chi connectivity index (χ0n) is 10.8. The van der Waals surface area contributed by atoms with Gasteiger partial charge in [-0.25, -0.2) is 17.8 Å². The Morgan fingerprint density at radius 2 is 1.90 bits per heavy atom. The first kappa shape index (κ1) is 14.7. The molecule has 0 fully saturated rings. The molecule has 0 radical (unpaired) electrons. The van der Waals surface area contributed by atoms with Gasteiger partial charge in [0.2, 0.25) is 0 Å². The van der Waals surface area contributed by atoms with E-state index in [4.69, 9.17) is 11.6 Å². The van der Waals surface area contributed by atoms with Crippen LogP contribution >= 0.6 is 11.6 Å². The maximum absolute atomic E-state index is 13.2. The molecular formula is C13H12ClFN2O2S. The van der Waals surface area contributed by atoms with Crippen molar-refractivity contribution < 1.29 is 12.8 Å². The Balaban J connectivity index is 2.43. The fourth-order valence-electron chi connectivity index (χ4n) is 1.70. The average molecular weight is 315 g/mol. The predicted molar refractivity (Wildman–Crippen MR) is 75.9 cm³/mol. The molecule has 0 bridgehead atoms. The van der Waals surface area contributed by atoms with Crippen molar-refractivity contribution in [2.75, 3.05) is 4.72 Å². The number of hydrogen-bond acceptors (Lipinski definition) is 3. The first-order valence-corrected chi connectivity index (χ1v) is 7.58. The maximum atomic E-state index is 13.2. The molecule has 4 nitrogen and oxygen atoms in total. The molecule has 1 aromatic carbocycles. The predicted octanol–water partition coefficient (Wildman–Crippen LogP) is 3.29. The number of anilines is 1. The first-order chi connectivity index (χ1) is 9.29. The van der Waals surface area contributed by atoms with Crippen molar-refractivity contribution >= 4 is 27.3 Å². The van der Waals surface area contributed by atoms with Gasteiger partial charge in [0.15, 0.2) is 0 Å². The van der Waals surface area contributed by atoms with Crippen LogP contribution in [0.2, 0.25) is 5.15 Å². The number of rotatable bonds is 3. The summed E-state index contributed by atoms with van der Waals surface area (Å²) in [5.74, 6) is -0.609. The van der Waals surface area contributed by atoms with Crippen LogP contribution in [0, 0.1) is 19.7 Å². The largest absolute Gasteiger partial charge is 0.278 e. The van der Waals surface area contributed by atoms with Gasteiger partial charge in [0.25, 0.3) is 10.0 Å². The van der Waals surface area contributed by atoms with E-state index in [0.29, 0.717) is 16.9 Å². The summed E-state index contributed by atoms with van der Waals surface area (Å²) in [5, 5.41) is 0.271. The van der Waals surface area contributed by atoms with Crippen LogP contribution < -0.4 is 4.72 Å². The van der Waals surface area contributed by atoms with Crippen LogP contribution in [0.4, 0.5) is 10.1 Å². The number of hydrogen-bond donors (Lipinski definition) is 1. The Labute approximate surface area is 121 Å². The summed E-state index contributed by atoms with van der Waals surface area (Å²) in [4.78, 5) is 3.85. The SMILES string of the molecule is Cc1ccc(F)cc1S(=O)(=O)Nc1ccc(Cl)nc1C. The van der Waals surface area contributed by atoms with Crippen molar-refractivity contribution in [1.82, 2.24) is 4.98 Å². The molecule has 0 atom stereocenters. The normalized spacial score (nSPS) is 11.4. The molecule has 0 aliphatic carbocycles. The molecule has 0 saturated carbocycles. The average Bonchev–Trinajstić information content (AvgIpc) is 2.35. The van der Waals surface area contributed by atoms with E-state index in [1.54, 1.807) is 13.8 Å². The smallest absolute Gasteiger partial charge is 0.262 e. The second-order valence-corrected chi connectivity index (χ2v) is 6.32. The quantitative estimate of drug-likeness (QED) is 0.884. The summed E-state index contributed by atoms with van der Waals surface area (Å²) in [5.41, 5.74) is 1.20. The molecule has 0 spiro atoms. The van der Waals surface area contributed by atoms with Gasteiger partial charge in [-0.05, 0) is 43.7 Å². The summed E-state index contributed by atoms with van der Waals surface area (Å²) in [6.45, 7) is 3.23. The fraction of sp³-hybridized carbons (Fsp3) is 0.154. The van der Waals surface area contributed by atoms with Gasteiger partial charge in [-0.2, -0.15) is 0 Å². The van der Waals surface area contributed by atoms with Crippen molar-refractivity contribution in [3.8, 4) is 0 Å². The summed E-state index contributed by atoms with van der Waals surface area (Å²) < 4.78 is 40.2. The Morgan fingerprint density at radius 1 is 1.20 bits per heavy atom. The lowest BCUT2D eigenvalue weighted by Gasteiger charge is -2.12. The Morgan fingerprint density at radius 3 is 2.55 bits per heavy atom. The molecule has 2 aromatic rings. The van der Waals surface area contributed by atoms with Crippen LogP contribution in [0.15, 0.2) is 35.2 Å². The van der Waals surface area contributed by atoms with Crippen molar-refractivity contribution in [3.05, 3.63) is 52.6 Å². The van der Waals surface area contributed by atoms with Gasteiger partial charge >= 0.3 is 0 Å². The van der Waals surface area contributed by atoms with Crippen molar-refractivity contribution in [2.45, 2.75) is 18.7 Å². The highest BCUT2D eigenvalue weighted by Gasteiger charge is 2.19. The zero-order chi connectivity index (χ0) is 14.9. The molecule has 0 aliphatic rings. The Bertz CT molecular complexity index is 763. The zero-order valence-corrected chi connectivity index (χ0v) is 12.4. The topological polar surface area (TPSA) is 59.1 Å². The third-order valence-corrected chi connectivity index (χ3v) is 4.45. The van der Waals surface area contributed by atoms with E-state index in [9.17, 15) is 12.8 Å². The van der Waals surface area contributed by atoms with Crippen LogP contribution in [-0.4, -0.2) is 13.4 Å². The maximum Gasteiger partial charge on any atom is 0.262 e. The lowest BCUT2D eigenvalue weighted by Crippen LogP contribution is -2.15. The Hall–Kier alpha value is -1.66. The number of benzene rings is 1. The third-order valence-electron chi connectivity index (χ3n) is 2.74. The molecule has 106 valence electrons. The summed E-state index contributed by atoms with van der Waals surface area (Å²) >= 11 is 5.71. The van der Waals surface area contributed by atoms with Crippen molar-refractivity contribution in [1.29, 1.82) is 0 Å². The monoisotopic (exact) mass is 314 g/mol. The molecule has 1 aromatic heterocycles. The molecule has 0 aliphatic heterocycles. The Kier molecular flexibility index (Phi) is 3.96. The molecule has 0 unspecified atom stereocenters. The van der Waals surface area contributed by atoms with E-state index in [1.165, 1.54) is 24.3 Å². The van der Waals surface area contributed by atoms with Crippen molar-refractivity contribution in [3.63, 3.8) is 0 Å². The molecule has 1 heterocycles. The lowest BCUT2D eigenvalue weighted by atomic mass is 10.2. The molecule has 20 heavy (non-hydrogen) atoms. The van der Waals surface area contributed by atoms with Gasteiger partial charge in [-0.1, -0.05) is 17.7 Å². The van der Waals surface area contributed by atoms with Gasteiger partial charge in [-0.15, -0.1) is 0 Å². The molecule has 1 N–H and O–H groups in total. The molecule has 0 saturated heterocycles. The van der Waals surface area contributed by atoms with Gasteiger partial charge in [0.1, 0.15) is 11.0 Å². The lowest BCUT2D eigenvalue weighted by molar-refractivity contribution is 0.594. The summed E-state index contributed by atoms with van der Waals surface area (Å²) in [7, 11) is -3.87. The van der Waals surface area contributed by atoms with E-state index in [-0.39, 0.29) is 10.0 Å². The van der Waals surface area contributed by atoms with Gasteiger partial charge in [0.05, 0.1) is 16.3 Å². The highest BCUT2D eigenvalue weighted by atomic mass is 35.5. The van der Waals surface area contributed by atoms with Gasteiger partial charge < -0.3 is 0 Å². The minimum Gasteiger partial charge on any atom is -0.278 e. The van der Waals surface area contributed by atoms with Gasteiger partial charge in [0, 0.05) is 0 Å². The number of pyridine rings is 1. The van der Waals surface area contributed by atoms with E-state index in [1.807, 2.05) is 0 Å². The van der Waals surface area contributed by atoms with Crippen LogP contribution in [-0.2, 0) is 10.0 Å². The number of halogens is 2. The second kappa shape index (κ2) is 5.38. The van der Waals surface area contributed by atoms with E-state index in [2.05, 4.69) is 9.71 Å². The third kappa shape index (κ3) is 3.08.